The van der Waals surface area contributed by atoms with Crippen molar-refractivity contribution in [2.24, 2.45) is 5.73 Å². The van der Waals surface area contributed by atoms with E-state index in [-0.39, 0.29) is 0 Å². The summed E-state index contributed by atoms with van der Waals surface area (Å²) in [7, 11) is 0. The highest BCUT2D eigenvalue weighted by Crippen LogP contribution is 2.33. The van der Waals surface area contributed by atoms with Crippen LogP contribution < -0.4 is 5.73 Å². The molecule has 0 bridgehead atoms. The molecule has 0 aromatic heterocycles. The summed E-state index contributed by atoms with van der Waals surface area (Å²) in [5.74, 6) is 0.344. The van der Waals surface area contributed by atoms with E-state index in [9.17, 15) is 0 Å². The molecule has 0 spiro atoms. The first-order valence-electron chi connectivity index (χ1n) is 7.56. The van der Waals surface area contributed by atoms with E-state index in [1.165, 1.54) is 37.8 Å². The lowest BCUT2D eigenvalue weighted by Crippen LogP contribution is -2.45. The highest BCUT2D eigenvalue weighted by molar-refractivity contribution is 6.42. The standard InChI is InChI=1S/C16H24Cl2N2/c1-2-8-20-9-4-3-5-16(20)13(11-19)12-6-7-14(17)15(18)10-12/h6-7,10,13,16H,2-5,8-9,11,19H2,1H3. The van der Waals surface area contributed by atoms with Gasteiger partial charge in [-0.2, -0.15) is 0 Å². The summed E-state index contributed by atoms with van der Waals surface area (Å²) in [6, 6.07) is 6.48. The number of hydrogen-bond acceptors (Lipinski definition) is 2. The number of hydrogen-bond donors (Lipinski definition) is 1. The molecule has 1 aliphatic heterocycles. The number of benzene rings is 1. The van der Waals surface area contributed by atoms with Crippen LogP contribution in [0.1, 0.15) is 44.1 Å². The number of piperidine rings is 1. The molecule has 1 fully saturated rings. The minimum atomic E-state index is 0.344. The fraction of sp³-hybridized carbons (Fsp3) is 0.625. The Kier molecular flexibility index (Phi) is 6.16. The zero-order chi connectivity index (χ0) is 14.5. The zero-order valence-corrected chi connectivity index (χ0v) is 13.6. The summed E-state index contributed by atoms with van der Waals surface area (Å²) < 4.78 is 0. The average Bonchev–Trinajstić information content (AvgIpc) is 2.45. The van der Waals surface area contributed by atoms with Crippen LogP contribution >= 0.6 is 23.2 Å². The van der Waals surface area contributed by atoms with Gasteiger partial charge < -0.3 is 5.73 Å². The predicted octanol–water partition coefficient (Wildman–Crippen LogP) is 4.30. The number of rotatable bonds is 5. The van der Waals surface area contributed by atoms with E-state index in [1.807, 2.05) is 12.1 Å². The van der Waals surface area contributed by atoms with Crippen molar-refractivity contribution < 1.29 is 0 Å². The molecule has 112 valence electrons. The van der Waals surface area contributed by atoms with Crippen molar-refractivity contribution in [3.05, 3.63) is 33.8 Å². The Morgan fingerprint density at radius 1 is 1.30 bits per heavy atom. The van der Waals surface area contributed by atoms with Crippen molar-refractivity contribution in [2.45, 2.75) is 44.6 Å². The van der Waals surface area contributed by atoms with Crippen LogP contribution in [0.15, 0.2) is 18.2 Å². The third-order valence-electron chi connectivity index (χ3n) is 4.27. The minimum absolute atomic E-state index is 0.344. The highest BCUT2D eigenvalue weighted by Gasteiger charge is 2.29. The molecule has 1 aliphatic rings. The van der Waals surface area contributed by atoms with Gasteiger partial charge in [0.2, 0.25) is 0 Å². The molecule has 0 amide bonds. The maximum Gasteiger partial charge on any atom is 0.0595 e. The minimum Gasteiger partial charge on any atom is -0.330 e. The topological polar surface area (TPSA) is 29.3 Å². The van der Waals surface area contributed by atoms with Crippen molar-refractivity contribution in [2.75, 3.05) is 19.6 Å². The van der Waals surface area contributed by atoms with E-state index in [4.69, 9.17) is 28.9 Å². The second-order valence-corrected chi connectivity index (χ2v) is 6.43. The first kappa shape index (κ1) is 16.1. The van der Waals surface area contributed by atoms with Gasteiger partial charge in [0.1, 0.15) is 0 Å². The van der Waals surface area contributed by atoms with Crippen LogP contribution in [0, 0.1) is 0 Å². The van der Waals surface area contributed by atoms with E-state index < -0.39 is 0 Å². The molecule has 0 saturated carbocycles. The molecule has 2 atom stereocenters. The molecule has 1 heterocycles. The van der Waals surface area contributed by atoms with Gasteiger partial charge in [0.25, 0.3) is 0 Å². The Hall–Kier alpha value is -0.280. The van der Waals surface area contributed by atoms with Crippen LogP contribution in [0.4, 0.5) is 0 Å². The third-order valence-corrected chi connectivity index (χ3v) is 5.00. The Labute approximate surface area is 132 Å². The largest absolute Gasteiger partial charge is 0.330 e. The van der Waals surface area contributed by atoms with Crippen molar-refractivity contribution in [1.82, 2.24) is 4.90 Å². The summed E-state index contributed by atoms with van der Waals surface area (Å²) in [5.41, 5.74) is 7.30. The van der Waals surface area contributed by atoms with Gasteiger partial charge in [-0.3, -0.25) is 4.90 Å². The van der Waals surface area contributed by atoms with Crippen molar-refractivity contribution in [3.63, 3.8) is 0 Å². The normalized spacial score (nSPS) is 21.9. The van der Waals surface area contributed by atoms with Crippen molar-refractivity contribution in [3.8, 4) is 0 Å². The van der Waals surface area contributed by atoms with Gasteiger partial charge >= 0.3 is 0 Å². The van der Waals surface area contributed by atoms with Crippen LogP contribution in [-0.4, -0.2) is 30.6 Å². The van der Waals surface area contributed by atoms with Gasteiger partial charge in [0, 0.05) is 18.5 Å². The summed E-state index contributed by atoms with van der Waals surface area (Å²) in [6.07, 6.45) is 5.01. The lowest BCUT2D eigenvalue weighted by atomic mass is 9.85. The molecule has 2 nitrogen and oxygen atoms in total. The van der Waals surface area contributed by atoms with Crippen LogP contribution in [0.5, 0.6) is 0 Å². The summed E-state index contributed by atoms with van der Waals surface area (Å²) in [5, 5.41) is 1.24. The fourth-order valence-electron chi connectivity index (χ4n) is 3.30. The number of likely N-dealkylation sites (tertiary alicyclic amines) is 1. The van der Waals surface area contributed by atoms with Crippen molar-refractivity contribution >= 4 is 23.2 Å². The molecular formula is C16H24Cl2N2. The van der Waals surface area contributed by atoms with Gasteiger partial charge in [-0.1, -0.05) is 42.6 Å². The predicted molar refractivity (Wildman–Crippen MR) is 87.8 cm³/mol. The van der Waals surface area contributed by atoms with E-state index >= 15 is 0 Å². The number of halogens is 2. The van der Waals surface area contributed by atoms with E-state index in [2.05, 4.69) is 17.9 Å². The smallest absolute Gasteiger partial charge is 0.0595 e. The van der Waals surface area contributed by atoms with Gasteiger partial charge in [0.05, 0.1) is 10.0 Å². The maximum absolute atomic E-state index is 6.16. The molecule has 0 aliphatic carbocycles. The average molecular weight is 315 g/mol. The van der Waals surface area contributed by atoms with Crippen molar-refractivity contribution in [1.29, 1.82) is 0 Å². The van der Waals surface area contributed by atoms with Crippen LogP contribution in [0.3, 0.4) is 0 Å². The summed E-state index contributed by atoms with van der Waals surface area (Å²) >= 11 is 12.2. The Morgan fingerprint density at radius 3 is 2.75 bits per heavy atom. The van der Waals surface area contributed by atoms with Gasteiger partial charge in [-0.15, -0.1) is 0 Å². The number of nitrogens with zero attached hydrogens (tertiary/aromatic N) is 1. The molecule has 4 heteroatoms. The van der Waals surface area contributed by atoms with Crippen LogP contribution in [-0.2, 0) is 0 Å². The van der Waals surface area contributed by atoms with Gasteiger partial charge in [-0.25, -0.2) is 0 Å². The quantitative estimate of drug-likeness (QED) is 0.878. The molecule has 20 heavy (non-hydrogen) atoms. The second-order valence-electron chi connectivity index (χ2n) is 5.61. The molecule has 2 unspecified atom stereocenters. The lowest BCUT2D eigenvalue weighted by molar-refractivity contribution is 0.127. The summed E-state index contributed by atoms with van der Waals surface area (Å²) in [6.45, 7) is 5.24. The fourth-order valence-corrected chi connectivity index (χ4v) is 3.60. The first-order chi connectivity index (χ1) is 9.67. The molecular weight excluding hydrogens is 291 g/mol. The van der Waals surface area contributed by atoms with Gasteiger partial charge in [-0.05, 0) is 50.0 Å². The van der Waals surface area contributed by atoms with E-state index in [0.29, 0.717) is 28.5 Å². The summed E-state index contributed by atoms with van der Waals surface area (Å²) in [4.78, 5) is 2.60. The molecule has 2 rings (SSSR count). The van der Waals surface area contributed by atoms with Crippen LogP contribution in [0.2, 0.25) is 10.0 Å². The molecule has 1 aromatic rings. The molecule has 2 N–H and O–H groups in total. The second kappa shape index (κ2) is 7.65. The highest BCUT2D eigenvalue weighted by atomic mass is 35.5. The number of nitrogens with two attached hydrogens (primary N) is 1. The Bertz CT molecular complexity index is 434. The SMILES string of the molecule is CCCN1CCCCC1C(CN)c1ccc(Cl)c(Cl)c1. The first-order valence-corrected chi connectivity index (χ1v) is 8.32. The van der Waals surface area contributed by atoms with E-state index in [0.717, 1.165) is 6.54 Å². The Balaban J connectivity index is 2.22. The monoisotopic (exact) mass is 314 g/mol. The molecule has 1 aromatic carbocycles. The molecule has 1 saturated heterocycles. The lowest BCUT2D eigenvalue weighted by Gasteiger charge is -2.40. The van der Waals surface area contributed by atoms with E-state index in [1.54, 1.807) is 0 Å². The Morgan fingerprint density at radius 2 is 2.10 bits per heavy atom. The van der Waals surface area contributed by atoms with Crippen LogP contribution in [0.25, 0.3) is 0 Å². The molecule has 0 radical (unpaired) electrons. The zero-order valence-electron chi connectivity index (χ0n) is 12.1. The third kappa shape index (κ3) is 3.67. The maximum atomic E-state index is 6.16. The van der Waals surface area contributed by atoms with Gasteiger partial charge in [0.15, 0.2) is 0 Å².